The normalized spacial score (nSPS) is 23.9. The van der Waals surface area contributed by atoms with Crippen molar-refractivity contribution in [3.05, 3.63) is 54.9 Å². The van der Waals surface area contributed by atoms with Gasteiger partial charge >= 0.3 is 0 Å². The van der Waals surface area contributed by atoms with E-state index in [1.54, 1.807) is 6.07 Å². The van der Waals surface area contributed by atoms with Crippen LogP contribution in [0.3, 0.4) is 0 Å². The van der Waals surface area contributed by atoms with Gasteiger partial charge in [-0.25, -0.2) is 0 Å². The van der Waals surface area contributed by atoms with E-state index in [9.17, 15) is 9.59 Å². The van der Waals surface area contributed by atoms with Crippen molar-refractivity contribution in [1.29, 1.82) is 0 Å². The molecular formula is C26H34BrN3O4. The van der Waals surface area contributed by atoms with Crippen LogP contribution >= 0.6 is 15.9 Å². The molecule has 0 unspecified atom stereocenters. The molecule has 7 nitrogen and oxygen atoms in total. The minimum atomic E-state index is -0.756. The number of hydrogen-bond donors (Lipinski definition) is 2. The third kappa shape index (κ3) is 4.62. The highest BCUT2D eigenvalue weighted by atomic mass is 79.9. The Labute approximate surface area is 209 Å². The minimum Gasteiger partial charge on any atom is -0.448 e. The summed E-state index contributed by atoms with van der Waals surface area (Å²) in [4.78, 5) is 30.5. The maximum atomic E-state index is 13.1. The van der Waals surface area contributed by atoms with Gasteiger partial charge in [0.2, 0.25) is 0 Å². The van der Waals surface area contributed by atoms with Crippen LogP contribution in [0.2, 0.25) is 0 Å². The summed E-state index contributed by atoms with van der Waals surface area (Å²) in [6.07, 6.45) is 4.28. The number of pyridine rings is 1. The summed E-state index contributed by atoms with van der Waals surface area (Å²) in [5.41, 5.74) is 3.25. The largest absolute Gasteiger partial charge is 0.448 e. The highest BCUT2D eigenvalue weighted by Crippen LogP contribution is 2.51. The third-order valence-electron chi connectivity index (χ3n) is 7.38. The molecule has 1 aromatic carbocycles. The molecule has 1 fully saturated rings. The van der Waals surface area contributed by atoms with Gasteiger partial charge in [0.25, 0.3) is 17.3 Å². The van der Waals surface area contributed by atoms with Crippen molar-refractivity contribution in [2.45, 2.75) is 71.8 Å². The van der Waals surface area contributed by atoms with E-state index in [0.29, 0.717) is 33.1 Å². The number of nitrogens with zero attached hydrogens (tertiary/aromatic N) is 1. The number of halogens is 1. The lowest BCUT2D eigenvalue weighted by molar-refractivity contribution is -0.123. The first kappa shape index (κ1) is 24.8. The average molecular weight is 532 g/mol. The molecule has 2 aromatic rings. The van der Waals surface area contributed by atoms with Crippen molar-refractivity contribution >= 4 is 21.8 Å². The molecule has 1 aromatic heterocycles. The lowest BCUT2D eigenvalue weighted by atomic mass is 9.81. The van der Waals surface area contributed by atoms with E-state index in [0.717, 1.165) is 42.5 Å². The molecule has 0 saturated heterocycles. The van der Waals surface area contributed by atoms with E-state index in [4.69, 9.17) is 9.47 Å². The number of benzene rings is 1. The molecule has 1 aliphatic carbocycles. The second-order valence-corrected chi connectivity index (χ2v) is 10.9. The fraction of sp³-hybridized carbons (Fsp3) is 0.538. The van der Waals surface area contributed by atoms with E-state index >= 15 is 0 Å². The number of aryl methyl sites for hydroxylation is 2. The summed E-state index contributed by atoms with van der Waals surface area (Å²) in [5, 5.41) is 2.89. The molecule has 1 saturated carbocycles. The zero-order valence-corrected chi connectivity index (χ0v) is 22.4. The van der Waals surface area contributed by atoms with E-state index in [1.165, 1.54) is 0 Å². The Morgan fingerprint density at radius 2 is 1.79 bits per heavy atom. The number of amides is 1. The van der Waals surface area contributed by atoms with Gasteiger partial charge in [-0.2, -0.15) is 0 Å². The summed E-state index contributed by atoms with van der Waals surface area (Å²) < 4.78 is 13.5. The molecule has 34 heavy (non-hydrogen) atoms. The van der Waals surface area contributed by atoms with Crippen LogP contribution in [-0.4, -0.2) is 41.7 Å². The molecule has 0 spiro atoms. The van der Waals surface area contributed by atoms with Gasteiger partial charge in [-0.3, -0.25) is 9.59 Å². The molecule has 1 aliphatic heterocycles. The number of hydrogen-bond acceptors (Lipinski definition) is 5. The summed E-state index contributed by atoms with van der Waals surface area (Å²) in [5.74, 6) is 0.520. The highest BCUT2D eigenvalue weighted by molar-refractivity contribution is 9.10. The van der Waals surface area contributed by atoms with Crippen molar-refractivity contribution in [2.75, 3.05) is 14.1 Å². The van der Waals surface area contributed by atoms with Gasteiger partial charge in [0, 0.05) is 47.8 Å². The predicted octanol–water partition coefficient (Wildman–Crippen LogP) is 4.60. The standard InChI is InChI=1S/C26H34BrN3O4/c1-14-11-15(2)29-25(32)20(14)13-28-24(31)19-12-21(27)23-22(16(19)3)33-26(4,34-23)17-7-9-18(10-8-17)30(5)6/h11-12,17-18H,7-10,13H2,1-6H3,(H,28,31)(H,29,32)/t17-,18-,26-/m1/s1. The second kappa shape index (κ2) is 9.38. The van der Waals surface area contributed by atoms with Crippen LogP contribution in [0, 0.1) is 26.7 Å². The van der Waals surface area contributed by atoms with E-state index in [1.807, 2.05) is 33.8 Å². The van der Waals surface area contributed by atoms with Crippen molar-refractivity contribution in [1.82, 2.24) is 15.2 Å². The third-order valence-corrected chi connectivity index (χ3v) is 7.97. The van der Waals surface area contributed by atoms with Crippen molar-refractivity contribution in [3.8, 4) is 11.5 Å². The fourth-order valence-corrected chi connectivity index (χ4v) is 5.72. The lowest BCUT2D eigenvalue weighted by Gasteiger charge is -2.39. The fourth-order valence-electron chi connectivity index (χ4n) is 5.23. The lowest BCUT2D eigenvalue weighted by Crippen LogP contribution is -2.46. The molecule has 1 amide bonds. The van der Waals surface area contributed by atoms with E-state index in [2.05, 4.69) is 45.2 Å². The summed E-state index contributed by atoms with van der Waals surface area (Å²) in [6, 6.07) is 4.27. The first-order valence-corrected chi connectivity index (χ1v) is 12.6. The van der Waals surface area contributed by atoms with Crippen LogP contribution in [0.4, 0.5) is 0 Å². The van der Waals surface area contributed by atoms with Gasteiger partial charge in [0.1, 0.15) is 0 Å². The predicted molar refractivity (Wildman–Crippen MR) is 136 cm³/mol. The van der Waals surface area contributed by atoms with Gasteiger partial charge in [-0.1, -0.05) is 0 Å². The smallest absolute Gasteiger partial charge is 0.253 e. The SMILES string of the molecule is Cc1cc(C)c(CNC(=O)c2cc(Br)c3c(c2C)O[C@@](C)([C@H]2CC[C@H](N(C)C)CC2)O3)c(=O)[nH]1. The molecule has 2 aliphatic rings. The summed E-state index contributed by atoms with van der Waals surface area (Å²) >= 11 is 3.59. The van der Waals surface area contributed by atoms with Gasteiger partial charge < -0.3 is 24.7 Å². The maximum absolute atomic E-state index is 13.1. The molecule has 8 heteroatoms. The Morgan fingerprint density at radius 1 is 1.15 bits per heavy atom. The number of rotatable bonds is 5. The molecule has 1 atom stereocenters. The van der Waals surface area contributed by atoms with Crippen LogP contribution < -0.4 is 20.3 Å². The van der Waals surface area contributed by atoms with Gasteiger partial charge in [0.15, 0.2) is 11.5 Å². The number of aromatic amines is 1. The van der Waals surface area contributed by atoms with Crippen LogP contribution in [-0.2, 0) is 6.54 Å². The van der Waals surface area contributed by atoms with Crippen LogP contribution in [0.1, 0.15) is 65.3 Å². The summed E-state index contributed by atoms with van der Waals surface area (Å²) in [6.45, 7) is 7.75. The quantitative estimate of drug-likeness (QED) is 0.588. The minimum absolute atomic E-state index is 0.151. The first-order chi connectivity index (χ1) is 16.0. The first-order valence-electron chi connectivity index (χ1n) is 11.8. The Hall–Kier alpha value is -2.32. The number of carbonyl (C=O) groups excluding carboxylic acids is 1. The Bertz CT molecular complexity index is 1170. The van der Waals surface area contributed by atoms with Gasteiger partial charge in [-0.15, -0.1) is 0 Å². The van der Waals surface area contributed by atoms with Gasteiger partial charge in [-0.05, 0) is 94.2 Å². The maximum Gasteiger partial charge on any atom is 0.253 e. The van der Waals surface area contributed by atoms with Crippen LogP contribution in [0.15, 0.2) is 21.4 Å². The number of carbonyl (C=O) groups is 1. The van der Waals surface area contributed by atoms with Crippen molar-refractivity contribution in [2.24, 2.45) is 5.92 Å². The molecule has 184 valence electrons. The number of fused-ring (bicyclic) bond motifs is 1. The molecule has 4 rings (SSSR count). The topological polar surface area (TPSA) is 83.7 Å². The number of H-pyrrole nitrogens is 1. The Morgan fingerprint density at radius 3 is 2.41 bits per heavy atom. The molecule has 2 N–H and O–H groups in total. The number of ether oxygens (including phenoxy) is 2. The average Bonchev–Trinajstić information content (AvgIpc) is 3.15. The highest BCUT2D eigenvalue weighted by Gasteiger charge is 2.47. The molecule has 0 bridgehead atoms. The zero-order valence-electron chi connectivity index (χ0n) is 20.8. The van der Waals surface area contributed by atoms with E-state index < -0.39 is 5.79 Å². The zero-order chi connectivity index (χ0) is 24.8. The van der Waals surface area contributed by atoms with Gasteiger partial charge in [0.05, 0.1) is 4.47 Å². The van der Waals surface area contributed by atoms with Crippen molar-refractivity contribution < 1.29 is 14.3 Å². The molecule has 0 radical (unpaired) electrons. The van der Waals surface area contributed by atoms with Crippen molar-refractivity contribution in [3.63, 3.8) is 0 Å². The van der Waals surface area contributed by atoms with E-state index in [-0.39, 0.29) is 23.9 Å². The Kier molecular flexibility index (Phi) is 6.84. The Balaban J connectivity index is 1.52. The van der Waals surface area contributed by atoms with Crippen LogP contribution in [0.5, 0.6) is 11.5 Å². The monoisotopic (exact) mass is 531 g/mol. The van der Waals surface area contributed by atoms with Crippen LogP contribution in [0.25, 0.3) is 0 Å². The molecule has 2 heterocycles. The number of aromatic nitrogens is 1. The second-order valence-electron chi connectivity index (χ2n) is 10.0. The summed E-state index contributed by atoms with van der Waals surface area (Å²) in [7, 11) is 4.27. The number of nitrogens with one attached hydrogen (secondary N) is 2. The molecular weight excluding hydrogens is 498 g/mol.